The van der Waals surface area contributed by atoms with Gasteiger partial charge in [-0.05, 0) is 0 Å². The minimum atomic E-state index is 0.180. The molecule has 3 nitrogen and oxygen atoms in total. The van der Waals surface area contributed by atoms with Crippen molar-refractivity contribution in [2.75, 3.05) is 6.67 Å². The topological polar surface area (TPSA) is 62.2 Å². The lowest BCUT2D eigenvalue weighted by Gasteiger charge is -2.08. The first-order valence-corrected chi connectivity index (χ1v) is 5.77. The zero-order chi connectivity index (χ0) is 12.8. The molecule has 0 aliphatic carbocycles. The van der Waals surface area contributed by atoms with Crippen LogP contribution in [-0.2, 0) is 0 Å². The zero-order valence-electron chi connectivity index (χ0n) is 10.0. The fraction of sp³-hybridized carbons (Fsp3) is 0.0667. The molecule has 0 bridgehead atoms. The fourth-order valence-electron chi connectivity index (χ4n) is 1.74. The Morgan fingerprint density at radius 2 is 1.39 bits per heavy atom. The first-order chi connectivity index (χ1) is 8.83. The van der Waals surface area contributed by atoms with E-state index in [-0.39, 0.29) is 6.67 Å². The Balaban J connectivity index is 2.39. The van der Waals surface area contributed by atoms with Gasteiger partial charge >= 0.3 is 0 Å². The molecule has 0 aliphatic heterocycles. The lowest BCUT2D eigenvalue weighted by atomic mass is 10.00. The second kappa shape index (κ2) is 5.89. The largest absolute Gasteiger partial charge is 0.312 e. The van der Waals surface area contributed by atoms with Crippen LogP contribution in [0.25, 0.3) is 0 Å². The molecule has 0 aliphatic rings. The van der Waals surface area contributed by atoms with Gasteiger partial charge in [-0.25, -0.2) is 0 Å². The van der Waals surface area contributed by atoms with Crippen molar-refractivity contribution in [3.05, 3.63) is 71.8 Å². The van der Waals surface area contributed by atoms with Crippen LogP contribution in [-0.4, -0.2) is 18.1 Å². The molecule has 0 fully saturated rings. The van der Waals surface area contributed by atoms with Crippen molar-refractivity contribution in [1.29, 1.82) is 5.41 Å². The smallest absolute Gasteiger partial charge is 0.0917 e. The van der Waals surface area contributed by atoms with Crippen LogP contribution in [0.4, 0.5) is 0 Å². The van der Waals surface area contributed by atoms with Gasteiger partial charge in [-0.3, -0.25) is 10.4 Å². The van der Waals surface area contributed by atoms with E-state index in [0.717, 1.165) is 11.1 Å². The highest BCUT2D eigenvalue weighted by Gasteiger charge is 2.11. The summed E-state index contributed by atoms with van der Waals surface area (Å²) in [6, 6.07) is 19.2. The number of hydrogen-bond acceptors (Lipinski definition) is 3. The Morgan fingerprint density at radius 3 is 1.89 bits per heavy atom. The summed E-state index contributed by atoms with van der Waals surface area (Å²) >= 11 is 0. The first kappa shape index (κ1) is 12.2. The third-order valence-electron chi connectivity index (χ3n) is 2.60. The average molecular weight is 237 g/mol. The summed E-state index contributed by atoms with van der Waals surface area (Å²) in [5, 5.41) is 8.24. The predicted octanol–water partition coefficient (Wildman–Crippen LogP) is 2.46. The van der Waals surface area contributed by atoms with Gasteiger partial charge in [-0.15, -0.1) is 0 Å². The van der Waals surface area contributed by atoms with Gasteiger partial charge in [-0.2, -0.15) is 0 Å². The Morgan fingerprint density at radius 1 is 0.889 bits per heavy atom. The van der Waals surface area contributed by atoms with E-state index in [9.17, 15) is 0 Å². The van der Waals surface area contributed by atoms with Crippen LogP contribution >= 0.6 is 0 Å². The van der Waals surface area contributed by atoms with Crippen molar-refractivity contribution in [3.8, 4) is 0 Å². The Kier molecular flexibility index (Phi) is 3.99. The molecule has 0 saturated heterocycles. The van der Waals surface area contributed by atoms with E-state index in [1.54, 1.807) is 0 Å². The zero-order valence-corrected chi connectivity index (χ0v) is 10.0. The van der Waals surface area contributed by atoms with Crippen LogP contribution < -0.4 is 5.73 Å². The molecule has 90 valence electrons. The highest BCUT2D eigenvalue weighted by Crippen LogP contribution is 2.08. The molecule has 18 heavy (non-hydrogen) atoms. The molecule has 0 spiro atoms. The van der Waals surface area contributed by atoms with E-state index in [1.165, 1.54) is 0 Å². The van der Waals surface area contributed by atoms with E-state index in [4.69, 9.17) is 11.1 Å². The number of nitrogens with one attached hydrogen (secondary N) is 1. The number of nitrogens with two attached hydrogens (primary N) is 1. The highest BCUT2D eigenvalue weighted by molar-refractivity contribution is 6.52. The lowest BCUT2D eigenvalue weighted by Crippen LogP contribution is -2.17. The van der Waals surface area contributed by atoms with Gasteiger partial charge in [-0.1, -0.05) is 60.7 Å². The van der Waals surface area contributed by atoms with Crippen molar-refractivity contribution in [2.45, 2.75) is 0 Å². The summed E-state index contributed by atoms with van der Waals surface area (Å²) in [5.74, 6) is 0. The van der Waals surface area contributed by atoms with E-state index < -0.39 is 0 Å². The van der Waals surface area contributed by atoms with E-state index in [0.29, 0.717) is 11.4 Å². The summed E-state index contributed by atoms with van der Waals surface area (Å²) in [5.41, 5.74) is 8.28. The molecule has 2 aromatic carbocycles. The van der Waals surface area contributed by atoms with Crippen molar-refractivity contribution in [2.24, 2.45) is 10.7 Å². The normalized spacial score (nSPS) is 11.3. The van der Waals surface area contributed by atoms with Gasteiger partial charge in [0, 0.05) is 11.1 Å². The van der Waals surface area contributed by atoms with E-state index >= 15 is 0 Å². The minimum Gasteiger partial charge on any atom is -0.312 e. The van der Waals surface area contributed by atoms with E-state index in [2.05, 4.69) is 4.99 Å². The Hall–Kier alpha value is -2.26. The Bertz CT molecular complexity index is 544. The number of aliphatic imine (C=N–C) groups is 1. The molecule has 0 radical (unpaired) electrons. The fourth-order valence-corrected chi connectivity index (χ4v) is 1.74. The summed E-state index contributed by atoms with van der Waals surface area (Å²) < 4.78 is 0. The van der Waals surface area contributed by atoms with Crippen LogP contribution in [0.1, 0.15) is 11.1 Å². The third kappa shape index (κ3) is 2.70. The molecule has 0 atom stereocenters. The number of nitrogens with zero attached hydrogens (tertiary/aromatic N) is 1. The number of rotatable bonds is 4. The molecule has 3 heteroatoms. The van der Waals surface area contributed by atoms with Gasteiger partial charge < -0.3 is 5.73 Å². The highest BCUT2D eigenvalue weighted by atomic mass is 14.9. The summed E-state index contributed by atoms with van der Waals surface area (Å²) in [7, 11) is 0. The second-order valence-corrected chi connectivity index (χ2v) is 3.80. The first-order valence-electron chi connectivity index (χ1n) is 5.77. The summed E-state index contributed by atoms with van der Waals surface area (Å²) in [6.07, 6.45) is 0. The maximum absolute atomic E-state index is 8.24. The predicted molar refractivity (Wildman–Crippen MR) is 75.3 cm³/mol. The molecule has 3 N–H and O–H groups in total. The van der Waals surface area contributed by atoms with Crippen LogP contribution in [0, 0.1) is 5.41 Å². The summed E-state index contributed by atoms with van der Waals surface area (Å²) in [4.78, 5) is 4.24. The number of benzene rings is 2. The SMILES string of the molecule is N=C(C(=NCN)c1ccccc1)c1ccccc1. The van der Waals surface area contributed by atoms with Crippen LogP contribution in [0.5, 0.6) is 0 Å². The number of hydrogen-bond donors (Lipinski definition) is 2. The van der Waals surface area contributed by atoms with Crippen LogP contribution in [0.15, 0.2) is 65.7 Å². The average Bonchev–Trinajstić information content (AvgIpc) is 2.46. The van der Waals surface area contributed by atoms with Crippen molar-refractivity contribution in [3.63, 3.8) is 0 Å². The lowest BCUT2D eigenvalue weighted by molar-refractivity contribution is 1.07. The molecule has 0 amide bonds. The molecule has 0 saturated carbocycles. The summed E-state index contributed by atoms with van der Waals surface area (Å²) in [6.45, 7) is 0.180. The van der Waals surface area contributed by atoms with Crippen molar-refractivity contribution >= 4 is 11.4 Å². The van der Waals surface area contributed by atoms with Crippen molar-refractivity contribution < 1.29 is 0 Å². The molecule has 0 aromatic heterocycles. The van der Waals surface area contributed by atoms with Gasteiger partial charge in [0.25, 0.3) is 0 Å². The molecule has 2 aromatic rings. The van der Waals surface area contributed by atoms with Crippen molar-refractivity contribution in [1.82, 2.24) is 0 Å². The van der Waals surface area contributed by atoms with Gasteiger partial charge in [0.15, 0.2) is 0 Å². The van der Waals surface area contributed by atoms with E-state index in [1.807, 2.05) is 60.7 Å². The Labute approximate surface area is 107 Å². The molecule has 0 unspecified atom stereocenters. The molecule has 2 rings (SSSR count). The van der Waals surface area contributed by atoms with Gasteiger partial charge in [0.2, 0.25) is 0 Å². The van der Waals surface area contributed by atoms with Gasteiger partial charge in [0.1, 0.15) is 0 Å². The maximum atomic E-state index is 8.24. The minimum absolute atomic E-state index is 0.180. The quantitative estimate of drug-likeness (QED) is 0.788. The maximum Gasteiger partial charge on any atom is 0.0917 e. The van der Waals surface area contributed by atoms with Crippen LogP contribution in [0.2, 0.25) is 0 Å². The standard InChI is InChI=1S/C15H15N3/c16-11-18-15(13-9-5-2-6-10-13)14(17)12-7-3-1-4-8-12/h1-10,17H,11,16H2. The monoisotopic (exact) mass is 237 g/mol. The molecular formula is C15H15N3. The molecular weight excluding hydrogens is 222 g/mol. The molecule has 0 heterocycles. The van der Waals surface area contributed by atoms with Gasteiger partial charge in [0.05, 0.1) is 18.1 Å². The third-order valence-corrected chi connectivity index (χ3v) is 2.60. The van der Waals surface area contributed by atoms with Crippen LogP contribution in [0.3, 0.4) is 0 Å². The second-order valence-electron chi connectivity index (χ2n) is 3.80.